The van der Waals surface area contributed by atoms with Crippen LogP contribution in [0.2, 0.25) is 0 Å². The molecule has 0 aliphatic heterocycles. The third-order valence-corrected chi connectivity index (χ3v) is 14.2. The van der Waals surface area contributed by atoms with E-state index in [0.717, 1.165) is 38.5 Å². The molecule has 3 N–H and O–H groups in total. The number of rotatable bonds is 53. The lowest BCUT2D eigenvalue weighted by atomic mass is 10.0. The van der Waals surface area contributed by atoms with Crippen LogP contribution in [0.5, 0.6) is 0 Å². The highest BCUT2D eigenvalue weighted by molar-refractivity contribution is 7.47. The molecule has 0 spiro atoms. The average molecular weight is 943 g/mol. The van der Waals surface area contributed by atoms with Gasteiger partial charge in [0.05, 0.1) is 39.9 Å². The Morgan fingerprint density at radius 2 is 0.815 bits per heavy atom. The van der Waals surface area contributed by atoms with E-state index in [0.29, 0.717) is 17.4 Å². The molecule has 0 aromatic heterocycles. The van der Waals surface area contributed by atoms with Gasteiger partial charge < -0.3 is 19.8 Å². The molecule has 0 saturated carbocycles. The molecule has 0 radical (unpaired) electrons. The van der Waals surface area contributed by atoms with E-state index in [1.807, 2.05) is 27.2 Å². The van der Waals surface area contributed by atoms with Crippen molar-refractivity contribution in [1.29, 1.82) is 0 Å². The summed E-state index contributed by atoms with van der Waals surface area (Å²) in [6.45, 7) is 4.83. The van der Waals surface area contributed by atoms with E-state index in [9.17, 15) is 19.4 Å². The Hall–Kier alpha value is -0.760. The van der Waals surface area contributed by atoms with Gasteiger partial charge in [-0.25, -0.2) is 4.57 Å². The minimum atomic E-state index is -4.33. The van der Waals surface area contributed by atoms with Gasteiger partial charge in [0.15, 0.2) is 0 Å². The third-order valence-electron chi connectivity index (χ3n) is 13.3. The molecule has 8 nitrogen and oxygen atoms in total. The molecule has 0 saturated heterocycles. The van der Waals surface area contributed by atoms with Crippen LogP contribution in [-0.2, 0) is 18.4 Å². The fraction of sp³-hybridized carbons (Fsp3) is 0.946. The van der Waals surface area contributed by atoms with Crippen LogP contribution in [0.4, 0.5) is 0 Å². The quantitative estimate of drug-likeness (QED) is 0.0243. The first kappa shape index (κ1) is 64.2. The Bertz CT molecular complexity index is 1070. The maximum absolute atomic E-state index is 12.9. The van der Waals surface area contributed by atoms with Crippen molar-refractivity contribution in [2.75, 3.05) is 40.9 Å². The number of phosphoric ester groups is 1. The van der Waals surface area contributed by atoms with Crippen LogP contribution in [0.25, 0.3) is 0 Å². The summed E-state index contributed by atoms with van der Waals surface area (Å²) in [6.07, 6.45) is 59.1. The molecular weight excluding hydrogens is 828 g/mol. The highest BCUT2D eigenvalue weighted by Gasteiger charge is 2.27. The summed E-state index contributed by atoms with van der Waals surface area (Å²) in [4.78, 5) is 23.2. The molecule has 1 amide bonds. The lowest BCUT2D eigenvalue weighted by Crippen LogP contribution is -2.45. The molecule has 0 aliphatic rings. The number of quaternary nitrogens is 1. The molecule has 0 aliphatic carbocycles. The van der Waals surface area contributed by atoms with E-state index in [2.05, 4.69) is 19.2 Å². The van der Waals surface area contributed by atoms with Gasteiger partial charge in [-0.2, -0.15) is 0 Å². The van der Waals surface area contributed by atoms with Gasteiger partial charge in [0.2, 0.25) is 5.91 Å². The van der Waals surface area contributed by atoms with Gasteiger partial charge in [0, 0.05) is 6.42 Å². The number of amides is 1. The van der Waals surface area contributed by atoms with Crippen molar-refractivity contribution >= 4 is 13.7 Å². The van der Waals surface area contributed by atoms with Crippen molar-refractivity contribution < 1.29 is 32.9 Å². The molecule has 0 fully saturated rings. The van der Waals surface area contributed by atoms with Crippen LogP contribution in [0, 0.1) is 0 Å². The first-order valence-corrected chi connectivity index (χ1v) is 30.1. The van der Waals surface area contributed by atoms with Gasteiger partial charge >= 0.3 is 7.82 Å². The highest BCUT2D eigenvalue weighted by Crippen LogP contribution is 2.43. The molecule has 3 atom stereocenters. The first-order chi connectivity index (χ1) is 31.5. The van der Waals surface area contributed by atoms with Crippen molar-refractivity contribution in [1.82, 2.24) is 5.32 Å². The van der Waals surface area contributed by atoms with Crippen molar-refractivity contribution in [3.05, 3.63) is 12.2 Å². The number of carbonyl (C=O) groups excluding carboxylic acids is 1. The fourth-order valence-electron chi connectivity index (χ4n) is 8.75. The van der Waals surface area contributed by atoms with Crippen LogP contribution in [0.15, 0.2) is 12.2 Å². The zero-order valence-electron chi connectivity index (χ0n) is 44.3. The Balaban J connectivity index is 3.88. The van der Waals surface area contributed by atoms with E-state index in [4.69, 9.17) is 9.05 Å². The van der Waals surface area contributed by atoms with E-state index in [1.165, 1.54) is 231 Å². The normalized spacial score (nSPS) is 14.0. The number of nitrogens with zero attached hydrogens (tertiary/aromatic N) is 1. The van der Waals surface area contributed by atoms with E-state index >= 15 is 0 Å². The summed E-state index contributed by atoms with van der Waals surface area (Å²) in [5.41, 5.74) is 0. The predicted octanol–water partition coefficient (Wildman–Crippen LogP) is 17.0. The second kappa shape index (κ2) is 48.3. The van der Waals surface area contributed by atoms with Crippen LogP contribution in [-0.4, -0.2) is 73.4 Å². The average Bonchev–Trinajstić information content (AvgIpc) is 3.26. The largest absolute Gasteiger partial charge is 0.472 e. The van der Waals surface area contributed by atoms with Crippen molar-refractivity contribution in [2.24, 2.45) is 0 Å². The number of unbranched alkanes of at least 4 members (excludes halogenated alkanes) is 40. The Morgan fingerprint density at radius 1 is 0.508 bits per heavy atom. The molecule has 0 aromatic rings. The van der Waals surface area contributed by atoms with Crippen molar-refractivity contribution in [3.63, 3.8) is 0 Å². The number of aliphatic hydroxyl groups is 1. The number of hydrogen-bond acceptors (Lipinski definition) is 5. The van der Waals surface area contributed by atoms with Crippen molar-refractivity contribution in [2.45, 2.75) is 302 Å². The monoisotopic (exact) mass is 942 g/mol. The fourth-order valence-corrected chi connectivity index (χ4v) is 9.49. The Kier molecular flexibility index (Phi) is 47.7. The zero-order valence-corrected chi connectivity index (χ0v) is 45.2. The highest BCUT2D eigenvalue weighted by atomic mass is 31.2. The van der Waals surface area contributed by atoms with E-state index in [1.54, 1.807) is 6.08 Å². The van der Waals surface area contributed by atoms with Crippen LogP contribution in [0.1, 0.15) is 290 Å². The molecule has 9 heteroatoms. The maximum atomic E-state index is 12.9. The Morgan fingerprint density at radius 3 is 1.14 bits per heavy atom. The summed E-state index contributed by atoms with van der Waals surface area (Å²) >= 11 is 0. The summed E-state index contributed by atoms with van der Waals surface area (Å²) < 4.78 is 23.6. The number of phosphoric acid groups is 1. The van der Waals surface area contributed by atoms with Gasteiger partial charge in [-0.3, -0.25) is 13.8 Å². The van der Waals surface area contributed by atoms with Gasteiger partial charge in [0.25, 0.3) is 0 Å². The second-order valence-corrected chi connectivity index (χ2v) is 22.5. The lowest BCUT2D eigenvalue weighted by molar-refractivity contribution is -0.870. The zero-order chi connectivity index (χ0) is 47.8. The van der Waals surface area contributed by atoms with Gasteiger partial charge in [-0.15, -0.1) is 0 Å². The van der Waals surface area contributed by atoms with Gasteiger partial charge in [-0.05, 0) is 19.3 Å². The summed E-state index contributed by atoms with van der Waals surface area (Å²) in [7, 11) is 1.59. The lowest BCUT2D eigenvalue weighted by Gasteiger charge is -2.25. The molecule has 0 aromatic carbocycles. The first-order valence-electron chi connectivity index (χ1n) is 28.6. The van der Waals surface area contributed by atoms with Crippen LogP contribution >= 0.6 is 7.82 Å². The van der Waals surface area contributed by atoms with E-state index < -0.39 is 20.0 Å². The number of likely N-dealkylation sites (N-methyl/N-ethyl adjacent to an activating group) is 1. The van der Waals surface area contributed by atoms with Gasteiger partial charge in [0.1, 0.15) is 13.2 Å². The SMILES string of the molecule is CCCCCCCCCC/C=C/[C@@H](O)[C@H](COP(=O)(O)OCC[N+](C)(C)C)NC(=O)CCCCCCCCCCCCCCCCCCCCCCCCCCCCCCCCCCC. The summed E-state index contributed by atoms with van der Waals surface area (Å²) in [5, 5.41) is 13.8. The molecule has 0 heterocycles. The minimum absolute atomic E-state index is 0.0646. The minimum Gasteiger partial charge on any atom is -0.387 e. The smallest absolute Gasteiger partial charge is 0.387 e. The molecular formula is C56H114N2O6P+. The number of hydrogen-bond donors (Lipinski definition) is 3. The Labute approximate surface area is 405 Å². The van der Waals surface area contributed by atoms with Gasteiger partial charge in [-0.1, -0.05) is 276 Å². The topological polar surface area (TPSA) is 105 Å². The second-order valence-electron chi connectivity index (χ2n) is 21.0. The molecule has 0 bridgehead atoms. The molecule has 388 valence electrons. The number of allylic oxidation sites excluding steroid dienone is 1. The summed E-state index contributed by atoms with van der Waals surface area (Å²) in [5.74, 6) is -0.173. The molecule has 1 unspecified atom stereocenters. The number of carbonyl (C=O) groups is 1. The molecule has 65 heavy (non-hydrogen) atoms. The molecule has 0 rings (SSSR count). The van der Waals surface area contributed by atoms with Crippen LogP contribution < -0.4 is 5.32 Å². The standard InChI is InChI=1S/C56H113N2O6P/c1-6-8-10-12-14-16-18-19-20-21-22-23-24-25-26-27-28-29-30-31-32-33-34-35-36-37-38-39-40-42-44-46-48-50-56(60)57-54(53-64-65(61,62)63-52-51-58(3,4)5)55(59)49-47-45-43-41-17-15-13-11-9-7-2/h47,49,54-55,59H,6-46,48,50-53H2,1-5H3,(H-,57,60,61,62)/p+1/b49-47+/t54-,55+/m0/s1. The number of aliphatic hydroxyl groups excluding tert-OH is 1. The van der Waals surface area contributed by atoms with Crippen LogP contribution in [0.3, 0.4) is 0 Å². The van der Waals surface area contributed by atoms with E-state index in [-0.39, 0.29) is 19.1 Å². The number of nitrogens with one attached hydrogen (secondary N) is 1. The third kappa shape index (κ3) is 50.9. The predicted molar refractivity (Wildman–Crippen MR) is 282 cm³/mol. The van der Waals surface area contributed by atoms with Crippen molar-refractivity contribution in [3.8, 4) is 0 Å². The summed E-state index contributed by atoms with van der Waals surface area (Å²) in [6, 6.07) is -0.840. The maximum Gasteiger partial charge on any atom is 0.472 e.